The minimum Gasteiger partial charge on any atom is -0.390 e. The van der Waals surface area contributed by atoms with Crippen LogP contribution in [0.15, 0.2) is 0 Å². The van der Waals surface area contributed by atoms with Crippen LogP contribution >= 0.6 is 0 Å². The van der Waals surface area contributed by atoms with Crippen LogP contribution in [-0.4, -0.2) is 64.7 Å². The molecular weight excluding hydrogens is 384 g/mol. The molecule has 8 heteroatoms. The van der Waals surface area contributed by atoms with Crippen molar-refractivity contribution in [2.45, 2.75) is 103 Å². The van der Waals surface area contributed by atoms with Crippen molar-refractivity contribution in [2.24, 2.45) is 5.73 Å². The third-order valence-electron chi connectivity index (χ3n) is 5.94. The smallest absolute Gasteiger partial charge is 0.327 e. The summed E-state index contributed by atoms with van der Waals surface area (Å²) >= 11 is 0. The van der Waals surface area contributed by atoms with Crippen molar-refractivity contribution in [3.8, 4) is 0 Å². The summed E-state index contributed by atoms with van der Waals surface area (Å²) in [5.74, 6) is -0.145. The Morgan fingerprint density at radius 2 is 1.70 bits per heavy atom. The van der Waals surface area contributed by atoms with Crippen LogP contribution in [-0.2, 0) is 4.79 Å². The lowest BCUT2D eigenvalue weighted by atomic mass is 9.94. The number of urea groups is 2. The molecule has 5 amide bonds. The van der Waals surface area contributed by atoms with Gasteiger partial charge in [0.15, 0.2) is 0 Å². The van der Waals surface area contributed by atoms with E-state index < -0.39 is 17.7 Å². The van der Waals surface area contributed by atoms with Crippen LogP contribution in [0.25, 0.3) is 0 Å². The number of nitrogens with one attached hydrogen (secondary N) is 1. The lowest BCUT2D eigenvalue weighted by Crippen LogP contribution is -2.39. The number of likely N-dealkylation sites (N-methyl/N-ethyl adjacent to an activating group) is 1. The van der Waals surface area contributed by atoms with Gasteiger partial charge in [0.1, 0.15) is 6.04 Å². The van der Waals surface area contributed by atoms with E-state index in [0.29, 0.717) is 32.4 Å². The number of rotatable bonds is 16. The van der Waals surface area contributed by atoms with E-state index in [-0.39, 0.29) is 11.9 Å². The first-order valence-corrected chi connectivity index (χ1v) is 11.5. The van der Waals surface area contributed by atoms with Gasteiger partial charge in [-0.1, -0.05) is 58.3 Å². The average Bonchev–Trinajstić information content (AvgIpc) is 2.89. The van der Waals surface area contributed by atoms with E-state index in [0.717, 1.165) is 51.4 Å². The van der Waals surface area contributed by atoms with E-state index in [9.17, 15) is 19.5 Å². The number of imide groups is 1. The van der Waals surface area contributed by atoms with Gasteiger partial charge in [0, 0.05) is 20.1 Å². The molecule has 1 heterocycles. The van der Waals surface area contributed by atoms with Crippen molar-refractivity contribution < 1.29 is 19.5 Å². The first kappa shape index (κ1) is 26.2. The van der Waals surface area contributed by atoms with Crippen molar-refractivity contribution in [3.05, 3.63) is 0 Å². The van der Waals surface area contributed by atoms with Crippen LogP contribution < -0.4 is 11.1 Å². The molecule has 1 fully saturated rings. The lowest BCUT2D eigenvalue weighted by Gasteiger charge is -2.28. The number of aliphatic hydroxyl groups is 1. The first-order chi connectivity index (χ1) is 14.2. The molecule has 0 spiro atoms. The maximum Gasteiger partial charge on any atom is 0.327 e. The molecule has 8 nitrogen and oxygen atoms in total. The third-order valence-corrected chi connectivity index (χ3v) is 5.94. The summed E-state index contributed by atoms with van der Waals surface area (Å²) in [6, 6.07) is -1.18. The molecule has 2 unspecified atom stereocenters. The SMILES string of the molecule is CCCCCCC(C)(O)CCN1C(=O)N(C)C(=O)C1CCCCCCCNC(N)=O. The Hall–Kier alpha value is -1.83. The van der Waals surface area contributed by atoms with Crippen LogP contribution in [0.2, 0.25) is 0 Å². The molecule has 1 rings (SSSR count). The highest BCUT2D eigenvalue weighted by Crippen LogP contribution is 2.25. The number of primary amides is 1. The van der Waals surface area contributed by atoms with Crippen LogP contribution in [0.3, 0.4) is 0 Å². The zero-order valence-corrected chi connectivity index (χ0v) is 19.1. The summed E-state index contributed by atoms with van der Waals surface area (Å²) < 4.78 is 0. The van der Waals surface area contributed by atoms with Crippen LogP contribution in [0.4, 0.5) is 9.59 Å². The number of nitrogens with two attached hydrogens (primary N) is 1. The Morgan fingerprint density at radius 1 is 1.07 bits per heavy atom. The fourth-order valence-electron chi connectivity index (χ4n) is 3.93. The standard InChI is InChI=1S/C22H42N4O4/c1-4-5-6-11-14-22(2,30)15-17-26-18(19(27)25(3)21(26)29)13-10-8-7-9-12-16-24-20(23)28/h18,30H,4-17H2,1-3H3,(H3,23,24,28). The summed E-state index contributed by atoms with van der Waals surface area (Å²) in [4.78, 5) is 38.5. The molecule has 0 aromatic rings. The van der Waals surface area contributed by atoms with Gasteiger partial charge in [-0.15, -0.1) is 0 Å². The number of carbonyl (C=O) groups is 3. The molecule has 0 aliphatic carbocycles. The minimum atomic E-state index is -0.818. The molecule has 0 aromatic carbocycles. The Labute approximate surface area is 181 Å². The number of carbonyl (C=O) groups excluding carboxylic acids is 3. The van der Waals surface area contributed by atoms with Crippen LogP contribution in [0.1, 0.15) is 90.9 Å². The van der Waals surface area contributed by atoms with E-state index in [4.69, 9.17) is 5.73 Å². The zero-order chi connectivity index (χ0) is 22.6. The topological polar surface area (TPSA) is 116 Å². The van der Waals surface area contributed by atoms with Gasteiger partial charge in [0.2, 0.25) is 0 Å². The summed E-state index contributed by atoms with van der Waals surface area (Å²) in [7, 11) is 1.53. The maximum absolute atomic E-state index is 12.5. The maximum atomic E-state index is 12.5. The largest absolute Gasteiger partial charge is 0.390 e. The lowest BCUT2D eigenvalue weighted by molar-refractivity contribution is -0.127. The van der Waals surface area contributed by atoms with E-state index in [1.54, 1.807) is 4.90 Å². The molecule has 0 radical (unpaired) electrons. The molecule has 30 heavy (non-hydrogen) atoms. The third kappa shape index (κ3) is 9.32. The molecule has 1 aliphatic rings. The number of amides is 5. The fraction of sp³-hybridized carbons (Fsp3) is 0.864. The Bertz CT molecular complexity index is 553. The minimum absolute atomic E-state index is 0.145. The number of unbranched alkanes of at least 4 members (excludes halogenated alkanes) is 7. The second-order valence-corrected chi connectivity index (χ2v) is 8.79. The van der Waals surface area contributed by atoms with Gasteiger partial charge in [-0.05, 0) is 32.6 Å². The summed E-state index contributed by atoms with van der Waals surface area (Å²) in [5, 5.41) is 13.2. The van der Waals surface area contributed by atoms with Crippen molar-refractivity contribution >= 4 is 18.0 Å². The summed E-state index contributed by atoms with van der Waals surface area (Å²) in [5.41, 5.74) is 4.21. The Balaban J connectivity index is 2.40. The van der Waals surface area contributed by atoms with Crippen LogP contribution in [0.5, 0.6) is 0 Å². The molecule has 0 bridgehead atoms. The zero-order valence-electron chi connectivity index (χ0n) is 19.1. The van der Waals surface area contributed by atoms with Gasteiger partial charge >= 0.3 is 12.1 Å². The molecule has 4 N–H and O–H groups in total. The van der Waals surface area contributed by atoms with Crippen molar-refractivity contribution in [1.29, 1.82) is 0 Å². The molecule has 1 aliphatic heterocycles. The van der Waals surface area contributed by atoms with Gasteiger partial charge in [0.05, 0.1) is 5.60 Å². The number of nitrogens with zero attached hydrogens (tertiary/aromatic N) is 2. The van der Waals surface area contributed by atoms with Crippen molar-refractivity contribution in [1.82, 2.24) is 15.1 Å². The van der Waals surface area contributed by atoms with E-state index >= 15 is 0 Å². The highest BCUT2D eigenvalue weighted by molar-refractivity contribution is 6.03. The monoisotopic (exact) mass is 426 g/mol. The second-order valence-electron chi connectivity index (χ2n) is 8.79. The highest BCUT2D eigenvalue weighted by atomic mass is 16.3. The van der Waals surface area contributed by atoms with Gasteiger partial charge < -0.3 is 21.1 Å². The molecule has 174 valence electrons. The van der Waals surface area contributed by atoms with E-state index in [2.05, 4.69) is 12.2 Å². The van der Waals surface area contributed by atoms with Crippen molar-refractivity contribution in [3.63, 3.8) is 0 Å². The molecule has 2 atom stereocenters. The molecular formula is C22H42N4O4. The Morgan fingerprint density at radius 3 is 2.37 bits per heavy atom. The summed E-state index contributed by atoms with van der Waals surface area (Å²) in [6.07, 6.45) is 11.0. The van der Waals surface area contributed by atoms with Gasteiger partial charge in [-0.3, -0.25) is 9.69 Å². The normalized spacial score (nSPS) is 18.7. The molecule has 0 saturated carbocycles. The molecule has 0 aromatic heterocycles. The quantitative estimate of drug-likeness (QED) is 0.259. The average molecular weight is 427 g/mol. The fourth-order valence-corrected chi connectivity index (χ4v) is 3.93. The van der Waals surface area contributed by atoms with Gasteiger partial charge in [-0.25, -0.2) is 9.59 Å². The van der Waals surface area contributed by atoms with Gasteiger partial charge in [-0.2, -0.15) is 0 Å². The first-order valence-electron chi connectivity index (χ1n) is 11.5. The molecule has 1 saturated heterocycles. The van der Waals surface area contributed by atoms with E-state index in [1.165, 1.54) is 18.4 Å². The highest BCUT2D eigenvalue weighted by Gasteiger charge is 2.42. The van der Waals surface area contributed by atoms with Crippen molar-refractivity contribution in [2.75, 3.05) is 20.1 Å². The van der Waals surface area contributed by atoms with Gasteiger partial charge in [0.25, 0.3) is 5.91 Å². The van der Waals surface area contributed by atoms with E-state index in [1.807, 2.05) is 6.92 Å². The predicted octanol–water partition coefficient (Wildman–Crippen LogP) is 3.37. The predicted molar refractivity (Wildman–Crippen MR) is 118 cm³/mol. The van der Waals surface area contributed by atoms with Crippen LogP contribution in [0, 0.1) is 0 Å². The number of hydrogen-bond donors (Lipinski definition) is 3. The summed E-state index contributed by atoms with van der Waals surface area (Å²) in [6.45, 7) is 4.97. The Kier molecular flexibility index (Phi) is 11.8. The number of hydrogen-bond acceptors (Lipinski definition) is 4. The second kappa shape index (κ2) is 13.5.